The molecule has 1 aromatic carbocycles. The molecule has 0 radical (unpaired) electrons. The third-order valence-corrected chi connectivity index (χ3v) is 1.95. The van der Waals surface area contributed by atoms with Crippen molar-refractivity contribution in [2.45, 2.75) is 12.8 Å². The van der Waals surface area contributed by atoms with E-state index in [1.54, 1.807) is 0 Å². The lowest BCUT2D eigenvalue weighted by Crippen LogP contribution is -2.11. The SMILES string of the molecule is COC(=O)CC(=O)Cc1ccc(F)c(F)c1. The minimum Gasteiger partial charge on any atom is -0.469 e. The van der Waals surface area contributed by atoms with Crippen LogP contribution in [0.25, 0.3) is 0 Å². The first-order valence-corrected chi connectivity index (χ1v) is 4.55. The van der Waals surface area contributed by atoms with Crippen molar-refractivity contribution in [3.05, 3.63) is 35.4 Å². The molecule has 0 N–H and O–H groups in total. The zero-order valence-electron chi connectivity index (χ0n) is 8.63. The van der Waals surface area contributed by atoms with E-state index in [2.05, 4.69) is 4.74 Å². The van der Waals surface area contributed by atoms with Crippen molar-refractivity contribution in [3.63, 3.8) is 0 Å². The van der Waals surface area contributed by atoms with Crippen LogP contribution in [0, 0.1) is 11.6 Å². The first-order chi connectivity index (χ1) is 7.52. The fourth-order valence-electron chi connectivity index (χ4n) is 1.17. The van der Waals surface area contributed by atoms with Gasteiger partial charge in [0.15, 0.2) is 11.6 Å². The number of hydrogen-bond donors (Lipinski definition) is 0. The van der Waals surface area contributed by atoms with E-state index in [0.717, 1.165) is 12.1 Å². The van der Waals surface area contributed by atoms with Crippen LogP contribution in [0.4, 0.5) is 8.78 Å². The van der Waals surface area contributed by atoms with Gasteiger partial charge >= 0.3 is 5.97 Å². The van der Waals surface area contributed by atoms with Gasteiger partial charge in [0, 0.05) is 6.42 Å². The Hall–Kier alpha value is -1.78. The summed E-state index contributed by atoms with van der Waals surface area (Å²) in [7, 11) is 1.17. The monoisotopic (exact) mass is 228 g/mol. The van der Waals surface area contributed by atoms with Gasteiger partial charge in [-0.3, -0.25) is 9.59 Å². The molecule has 0 heterocycles. The molecule has 1 rings (SSSR count). The van der Waals surface area contributed by atoms with Gasteiger partial charge in [0.05, 0.1) is 7.11 Å². The Kier molecular flexibility index (Phi) is 4.10. The first kappa shape index (κ1) is 12.3. The molecule has 0 saturated heterocycles. The number of ether oxygens (including phenoxy) is 1. The quantitative estimate of drug-likeness (QED) is 0.581. The van der Waals surface area contributed by atoms with Crippen LogP contribution in [-0.2, 0) is 20.7 Å². The summed E-state index contributed by atoms with van der Waals surface area (Å²) in [6.45, 7) is 0. The predicted molar refractivity (Wildman–Crippen MR) is 51.7 cm³/mol. The largest absolute Gasteiger partial charge is 0.469 e. The Morgan fingerprint density at radius 2 is 1.94 bits per heavy atom. The van der Waals surface area contributed by atoms with E-state index in [0.29, 0.717) is 5.56 Å². The Labute approximate surface area is 91.0 Å². The standard InChI is InChI=1S/C11H10F2O3/c1-16-11(15)6-8(14)4-7-2-3-9(12)10(13)5-7/h2-3,5H,4,6H2,1H3. The third-order valence-electron chi connectivity index (χ3n) is 1.95. The fourth-order valence-corrected chi connectivity index (χ4v) is 1.17. The maximum absolute atomic E-state index is 12.8. The van der Waals surface area contributed by atoms with Gasteiger partial charge in [-0.25, -0.2) is 8.78 Å². The molecule has 0 aliphatic heterocycles. The molecular formula is C11H10F2O3. The third kappa shape index (κ3) is 3.42. The fraction of sp³-hybridized carbons (Fsp3) is 0.273. The Morgan fingerprint density at radius 1 is 1.25 bits per heavy atom. The second kappa shape index (κ2) is 5.34. The number of esters is 1. The summed E-state index contributed by atoms with van der Waals surface area (Å²) in [5, 5.41) is 0. The van der Waals surface area contributed by atoms with Crippen LogP contribution in [0.3, 0.4) is 0 Å². The van der Waals surface area contributed by atoms with Gasteiger partial charge in [-0.1, -0.05) is 6.07 Å². The number of benzene rings is 1. The summed E-state index contributed by atoms with van der Waals surface area (Å²) < 4.78 is 29.7. The average Bonchev–Trinajstić information content (AvgIpc) is 2.23. The Morgan fingerprint density at radius 3 is 2.50 bits per heavy atom. The molecule has 86 valence electrons. The summed E-state index contributed by atoms with van der Waals surface area (Å²) in [5.74, 6) is -3.03. The smallest absolute Gasteiger partial charge is 0.313 e. The molecule has 0 unspecified atom stereocenters. The molecule has 16 heavy (non-hydrogen) atoms. The van der Waals surface area contributed by atoms with Gasteiger partial charge in [-0.15, -0.1) is 0 Å². The van der Waals surface area contributed by atoms with Crippen molar-refractivity contribution in [3.8, 4) is 0 Å². The topological polar surface area (TPSA) is 43.4 Å². The second-order valence-corrected chi connectivity index (χ2v) is 3.22. The average molecular weight is 228 g/mol. The van der Waals surface area contributed by atoms with Crippen LogP contribution < -0.4 is 0 Å². The molecule has 0 amide bonds. The zero-order valence-corrected chi connectivity index (χ0v) is 8.63. The predicted octanol–water partition coefficient (Wildman–Crippen LogP) is 1.64. The van der Waals surface area contributed by atoms with Crippen molar-refractivity contribution in [1.29, 1.82) is 0 Å². The number of Topliss-reactive ketones (excluding diaryl/α,β-unsaturated/α-hetero) is 1. The van der Waals surface area contributed by atoms with Crippen molar-refractivity contribution in [1.82, 2.24) is 0 Å². The Balaban J connectivity index is 2.63. The molecule has 0 aromatic heterocycles. The maximum atomic E-state index is 12.8. The number of ketones is 1. The lowest BCUT2D eigenvalue weighted by molar-refractivity contribution is -0.143. The van der Waals surface area contributed by atoms with E-state index in [4.69, 9.17) is 0 Å². The molecule has 1 aromatic rings. The van der Waals surface area contributed by atoms with E-state index >= 15 is 0 Å². The molecule has 0 fully saturated rings. The van der Waals surface area contributed by atoms with Gasteiger partial charge < -0.3 is 4.74 Å². The highest BCUT2D eigenvalue weighted by Gasteiger charge is 2.11. The van der Waals surface area contributed by atoms with Crippen LogP contribution in [-0.4, -0.2) is 18.9 Å². The van der Waals surface area contributed by atoms with Gasteiger partial charge in [-0.05, 0) is 17.7 Å². The molecule has 0 aliphatic rings. The van der Waals surface area contributed by atoms with E-state index in [1.807, 2.05) is 0 Å². The summed E-state index contributed by atoms with van der Waals surface area (Å²) in [6.07, 6.45) is -0.484. The first-order valence-electron chi connectivity index (χ1n) is 4.55. The molecule has 5 heteroatoms. The molecule has 0 aliphatic carbocycles. The summed E-state index contributed by atoms with van der Waals surface area (Å²) >= 11 is 0. The minimum absolute atomic E-state index is 0.119. The number of hydrogen-bond acceptors (Lipinski definition) is 3. The van der Waals surface area contributed by atoms with E-state index < -0.39 is 23.4 Å². The normalized spacial score (nSPS) is 9.94. The van der Waals surface area contributed by atoms with Crippen molar-refractivity contribution in [2.24, 2.45) is 0 Å². The van der Waals surface area contributed by atoms with Crippen molar-refractivity contribution >= 4 is 11.8 Å². The van der Waals surface area contributed by atoms with Crippen molar-refractivity contribution < 1.29 is 23.1 Å². The number of halogens is 2. The van der Waals surface area contributed by atoms with E-state index in [-0.39, 0.29) is 12.8 Å². The van der Waals surface area contributed by atoms with Crippen LogP contribution >= 0.6 is 0 Å². The van der Waals surface area contributed by atoms with Crippen LogP contribution in [0.1, 0.15) is 12.0 Å². The van der Waals surface area contributed by atoms with Crippen molar-refractivity contribution in [2.75, 3.05) is 7.11 Å². The van der Waals surface area contributed by atoms with Gasteiger partial charge in [0.2, 0.25) is 0 Å². The lowest BCUT2D eigenvalue weighted by atomic mass is 10.1. The zero-order chi connectivity index (χ0) is 12.1. The molecule has 0 bridgehead atoms. The molecule has 0 saturated carbocycles. The highest BCUT2D eigenvalue weighted by atomic mass is 19.2. The number of carbonyl (C=O) groups is 2. The lowest BCUT2D eigenvalue weighted by Gasteiger charge is -2.01. The molecule has 3 nitrogen and oxygen atoms in total. The van der Waals surface area contributed by atoms with Gasteiger partial charge in [-0.2, -0.15) is 0 Å². The van der Waals surface area contributed by atoms with Crippen LogP contribution in [0.15, 0.2) is 18.2 Å². The highest BCUT2D eigenvalue weighted by molar-refractivity contribution is 5.96. The number of rotatable bonds is 4. The summed E-state index contributed by atoms with van der Waals surface area (Å²) in [5.41, 5.74) is 0.327. The van der Waals surface area contributed by atoms with E-state index in [9.17, 15) is 18.4 Å². The maximum Gasteiger partial charge on any atom is 0.313 e. The van der Waals surface area contributed by atoms with E-state index in [1.165, 1.54) is 13.2 Å². The van der Waals surface area contributed by atoms with Gasteiger partial charge in [0.1, 0.15) is 12.2 Å². The molecular weight excluding hydrogens is 218 g/mol. The number of carbonyl (C=O) groups excluding carboxylic acids is 2. The van der Waals surface area contributed by atoms with Gasteiger partial charge in [0.25, 0.3) is 0 Å². The Bertz CT molecular complexity index is 416. The highest BCUT2D eigenvalue weighted by Crippen LogP contribution is 2.10. The summed E-state index contributed by atoms with van der Waals surface area (Å²) in [6, 6.07) is 3.17. The minimum atomic E-state index is -1.01. The van der Waals surface area contributed by atoms with Crippen LogP contribution in [0.2, 0.25) is 0 Å². The second-order valence-electron chi connectivity index (χ2n) is 3.22. The number of methoxy groups -OCH3 is 1. The summed E-state index contributed by atoms with van der Waals surface area (Å²) in [4.78, 5) is 22.0. The molecule has 0 spiro atoms. The molecule has 0 atom stereocenters. The van der Waals surface area contributed by atoms with Crippen LogP contribution in [0.5, 0.6) is 0 Å².